The van der Waals surface area contributed by atoms with Crippen LogP contribution < -0.4 is 4.72 Å². The molecule has 0 aromatic rings. The minimum atomic E-state index is -3.04. The molecule has 1 heterocycles. The molecular formula is C6H13NO3S. The molecule has 1 aliphatic rings. The van der Waals surface area contributed by atoms with Gasteiger partial charge >= 0.3 is 0 Å². The normalized spacial score (nSPS) is 25.7. The highest BCUT2D eigenvalue weighted by atomic mass is 32.2. The van der Waals surface area contributed by atoms with Crippen LogP contribution in [0.15, 0.2) is 0 Å². The fourth-order valence-electron chi connectivity index (χ4n) is 1.05. The molecule has 5 heteroatoms. The molecule has 1 saturated heterocycles. The average Bonchev–Trinajstić information content (AvgIpc) is 2.32. The first-order valence-electron chi connectivity index (χ1n) is 3.64. The summed E-state index contributed by atoms with van der Waals surface area (Å²) in [6.07, 6.45) is 3.24. The molecule has 1 rings (SSSR count). The maximum Gasteiger partial charge on any atom is 0.208 e. The second-order valence-corrected chi connectivity index (χ2v) is 4.59. The number of sulfonamides is 1. The van der Waals surface area contributed by atoms with Gasteiger partial charge in [-0.3, -0.25) is 0 Å². The lowest BCUT2D eigenvalue weighted by Crippen LogP contribution is -2.30. The molecule has 0 bridgehead atoms. The van der Waals surface area contributed by atoms with E-state index in [1.54, 1.807) is 0 Å². The zero-order valence-electron chi connectivity index (χ0n) is 6.54. The van der Waals surface area contributed by atoms with Gasteiger partial charge in [-0.1, -0.05) is 0 Å². The second-order valence-electron chi connectivity index (χ2n) is 2.76. The van der Waals surface area contributed by atoms with Gasteiger partial charge in [0.2, 0.25) is 10.0 Å². The van der Waals surface area contributed by atoms with Crippen LogP contribution in [0.1, 0.15) is 12.8 Å². The van der Waals surface area contributed by atoms with Crippen molar-refractivity contribution in [2.24, 2.45) is 0 Å². The van der Waals surface area contributed by atoms with Crippen LogP contribution in [0, 0.1) is 0 Å². The van der Waals surface area contributed by atoms with E-state index >= 15 is 0 Å². The molecule has 4 nitrogen and oxygen atoms in total. The maximum atomic E-state index is 10.6. The largest absolute Gasteiger partial charge is 0.377 e. The van der Waals surface area contributed by atoms with Gasteiger partial charge in [0.05, 0.1) is 12.4 Å². The van der Waals surface area contributed by atoms with E-state index in [1.165, 1.54) is 0 Å². The number of hydrogen-bond donors (Lipinski definition) is 1. The summed E-state index contributed by atoms with van der Waals surface area (Å²) < 4.78 is 28.9. The molecule has 66 valence electrons. The molecule has 1 fully saturated rings. The number of nitrogens with one attached hydrogen (secondary N) is 1. The smallest absolute Gasteiger partial charge is 0.208 e. The summed E-state index contributed by atoms with van der Waals surface area (Å²) in [5.41, 5.74) is 0. The lowest BCUT2D eigenvalue weighted by molar-refractivity contribution is 0.114. The van der Waals surface area contributed by atoms with Gasteiger partial charge in [0, 0.05) is 13.2 Å². The Bertz CT molecular complexity index is 206. The molecule has 0 aromatic heterocycles. The SMILES string of the molecule is CS(=O)(=O)NC[C@H]1CCCO1. The molecule has 0 saturated carbocycles. The van der Waals surface area contributed by atoms with E-state index in [0.717, 1.165) is 25.7 Å². The topological polar surface area (TPSA) is 55.4 Å². The fourth-order valence-corrected chi connectivity index (χ4v) is 1.54. The number of hydrogen-bond acceptors (Lipinski definition) is 3. The standard InChI is InChI=1S/C6H13NO3S/c1-11(8,9)7-5-6-3-2-4-10-6/h6-7H,2-5H2,1H3/t6-/m1/s1. The predicted octanol–water partition coefficient (Wildman–Crippen LogP) is -0.285. The van der Waals surface area contributed by atoms with Gasteiger partial charge in [-0.15, -0.1) is 0 Å². The third kappa shape index (κ3) is 3.69. The van der Waals surface area contributed by atoms with E-state index in [9.17, 15) is 8.42 Å². The Morgan fingerprint density at radius 1 is 1.64 bits per heavy atom. The van der Waals surface area contributed by atoms with Gasteiger partial charge in [-0.25, -0.2) is 13.1 Å². The summed E-state index contributed by atoms with van der Waals surface area (Å²) in [7, 11) is -3.04. The van der Waals surface area contributed by atoms with Crippen molar-refractivity contribution in [2.75, 3.05) is 19.4 Å². The van der Waals surface area contributed by atoms with E-state index in [1.807, 2.05) is 0 Å². The molecule has 0 unspecified atom stereocenters. The van der Waals surface area contributed by atoms with Crippen molar-refractivity contribution in [1.29, 1.82) is 0 Å². The van der Waals surface area contributed by atoms with Crippen molar-refractivity contribution in [1.82, 2.24) is 4.72 Å². The first kappa shape index (κ1) is 8.96. The maximum absolute atomic E-state index is 10.6. The van der Waals surface area contributed by atoms with Crippen molar-refractivity contribution in [3.63, 3.8) is 0 Å². The molecule has 0 radical (unpaired) electrons. The highest BCUT2D eigenvalue weighted by molar-refractivity contribution is 7.88. The molecule has 11 heavy (non-hydrogen) atoms. The van der Waals surface area contributed by atoms with Gasteiger partial charge in [-0.05, 0) is 12.8 Å². The van der Waals surface area contributed by atoms with Crippen LogP contribution in [0.2, 0.25) is 0 Å². The fraction of sp³-hybridized carbons (Fsp3) is 1.00. The summed E-state index contributed by atoms with van der Waals surface area (Å²) in [5, 5.41) is 0. The van der Waals surface area contributed by atoms with Crippen LogP contribution in [0.4, 0.5) is 0 Å². The lowest BCUT2D eigenvalue weighted by Gasteiger charge is -2.08. The molecule has 0 spiro atoms. The number of rotatable bonds is 3. The van der Waals surface area contributed by atoms with Gasteiger partial charge < -0.3 is 4.74 Å². The second kappa shape index (κ2) is 3.51. The molecule has 0 aromatic carbocycles. The Balaban J connectivity index is 2.22. The zero-order valence-corrected chi connectivity index (χ0v) is 7.36. The van der Waals surface area contributed by atoms with Crippen molar-refractivity contribution < 1.29 is 13.2 Å². The Kier molecular flexibility index (Phi) is 2.86. The van der Waals surface area contributed by atoms with Gasteiger partial charge in [0.25, 0.3) is 0 Å². The summed E-state index contributed by atoms with van der Waals surface area (Å²) in [5.74, 6) is 0. The van der Waals surface area contributed by atoms with E-state index in [0.29, 0.717) is 6.54 Å². The summed E-state index contributed by atoms with van der Waals surface area (Å²) >= 11 is 0. The van der Waals surface area contributed by atoms with Crippen molar-refractivity contribution in [3.05, 3.63) is 0 Å². The predicted molar refractivity (Wildman–Crippen MR) is 41.8 cm³/mol. The molecule has 1 aliphatic heterocycles. The Morgan fingerprint density at radius 3 is 2.82 bits per heavy atom. The Hall–Kier alpha value is -0.130. The minimum Gasteiger partial charge on any atom is -0.377 e. The van der Waals surface area contributed by atoms with E-state index in [-0.39, 0.29) is 6.10 Å². The molecular weight excluding hydrogens is 166 g/mol. The highest BCUT2D eigenvalue weighted by Gasteiger charge is 2.16. The van der Waals surface area contributed by atoms with Crippen molar-refractivity contribution in [3.8, 4) is 0 Å². The summed E-state index contributed by atoms with van der Waals surface area (Å²) in [6, 6.07) is 0. The Morgan fingerprint density at radius 2 is 2.36 bits per heavy atom. The highest BCUT2D eigenvalue weighted by Crippen LogP contribution is 2.10. The van der Waals surface area contributed by atoms with Crippen LogP contribution in [-0.2, 0) is 14.8 Å². The summed E-state index contributed by atoms with van der Waals surface area (Å²) in [4.78, 5) is 0. The third-order valence-corrected chi connectivity index (χ3v) is 2.29. The van der Waals surface area contributed by atoms with E-state index in [2.05, 4.69) is 4.72 Å². The molecule has 1 N–H and O–H groups in total. The number of ether oxygens (including phenoxy) is 1. The molecule has 0 amide bonds. The first-order valence-corrected chi connectivity index (χ1v) is 5.53. The summed E-state index contributed by atoms with van der Waals surface area (Å²) in [6.45, 7) is 1.18. The van der Waals surface area contributed by atoms with Gasteiger partial charge in [0.1, 0.15) is 0 Å². The van der Waals surface area contributed by atoms with Crippen LogP contribution in [0.25, 0.3) is 0 Å². The first-order chi connectivity index (χ1) is 5.08. The van der Waals surface area contributed by atoms with E-state index < -0.39 is 10.0 Å². The third-order valence-electron chi connectivity index (χ3n) is 1.60. The molecule has 1 atom stereocenters. The quantitative estimate of drug-likeness (QED) is 0.648. The van der Waals surface area contributed by atoms with E-state index in [4.69, 9.17) is 4.74 Å². The average molecular weight is 179 g/mol. The van der Waals surface area contributed by atoms with Crippen molar-refractivity contribution >= 4 is 10.0 Å². The van der Waals surface area contributed by atoms with Crippen molar-refractivity contribution in [2.45, 2.75) is 18.9 Å². The van der Waals surface area contributed by atoms with Crippen LogP contribution in [0.3, 0.4) is 0 Å². The lowest BCUT2D eigenvalue weighted by atomic mass is 10.2. The van der Waals surface area contributed by atoms with Gasteiger partial charge in [-0.2, -0.15) is 0 Å². The van der Waals surface area contributed by atoms with Crippen LogP contribution in [0.5, 0.6) is 0 Å². The zero-order chi connectivity index (χ0) is 8.32. The van der Waals surface area contributed by atoms with Gasteiger partial charge in [0.15, 0.2) is 0 Å². The monoisotopic (exact) mass is 179 g/mol. The van der Waals surface area contributed by atoms with Crippen LogP contribution >= 0.6 is 0 Å². The molecule has 0 aliphatic carbocycles. The van der Waals surface area contributed by atoms with Crippen LogP contribution in [-0.4, -0.2) is 33.9 Å². The minimum absolute atomic E-state index is 0.0877. The Labute approximate surface area is 67.0 Å².